The maximum Gasteiger partial charge on any atom is 0.431 e. The number of rotatable bonds is 0. The first-order chi connectivity index (χ1) is 5.70. The van der Waals surface area contributed by atoms with Gasteiger partial charge in [-0.15, -0.1) is 0 Å². The monoisotopic (exact) mass is 197 g/mol. The number of ether oxygens (including phenoxy) is 1. The average molecular weight is 197 g/mol. The van der Waals surface area contributed by atoms with Crippen LogP contribution in [-0.2, 0) is 4.74 Å². The van der Waals surface area contributed by atoms with Gasteiger partial charge in [0.05, 0.1) is 6.10 Å². The van der Waals surface area contributed by atoms with Crippen LogP contribution in [-0.4, -0.2) is 36.0 Å². The summed E-state index contributed by atoms with van der Waals surface area (Å²) in [6.45, 7) is 4.44. The average Bonchev–Trinajstić information content (AvgIpc) is 2.15. The zero-order chi connectivity index (χ0) is 10.4. The molecule has 1 fully saturated rings. The van der Waals surface area contributed by atoms with Crippen LogP contribution in [0.2, 0.25) is 0 Å². The number of halogens is 3. The van der Waals surface area contributed by atoms with Crippen molar-refractivity contribution in [1.29, 1.82) is 0 Å². The Bertz CT molecular complexity index is 206. The van der Waals surface area contributed by atoms with Gasteiger partial charge in [-0.05, 0) is 27.8 Å². The van der Waals surface area contributed by atoms with Crippen LogP contribution in [0.5, 0.6) is 0 Å². The molecule has 3 atom stereocenters. The third kappa shape index (κ3) is 1.44. The van der Waals surface area contributed by atoms with Crippen molar-refractivity contribution in [2.75, 3.05) is 7.05 Å². The van der Waals surface area contributed by atoms with Crippen molar-refractivity contribution in [2.45, 2.75) is 44.8 Å². The molecule has 1 saturated heterocycles. The highest BCUT2D eigenvalue weighted by Gasteiger charge is 2.61. The highest BCUT2D eigenvalue weighted by molar-refractivity contribution is 4.94. The molecule has 0 radical (unpaired) electrons. The summed E-state index contributed by atoms with van der Waals surface area (Å²) in [5, 5.41) is 0. The summed E-state index contributed by atoms with van der Waals surface area (Å²) in [4.78, 5) is 1.22. The lowest BCUT2D eigenvalue weighted by Gasteiger charge is -2.33. The first-order valence-corrected chi connectivity index (χ1v) is 4.17. The fourth-order valence-electron chi connectivity index (χ4n) is 1.51. The third-order valence-electron chi connectivity index (χ3n) is 2.90. The van der Waals surface area contributed by atoms with Gasteiger partial charge < -0.3 is 4.74 Å². The number of likely N-dealkylation sites (N-methyl/N-ethyl adjacent to an activating group) is 1. The lowest BCUT2D eigenvalue weighted by Crippen LogP contribution is -2.53. The molecule has 0 aliphatic carbocycles. The lowest BCUT2D eigenvalue weighted by molar-refractivity contribution is -0.298. The molecule has 0 aromatic rings. The van der Waals surface area contributed by atoms with Crippen LogP contribution in [0.4, 0.5) is 13.2 Å². The predicted octanol–water partition coefficient (Wildman–Crippen LogP) is 2.00. The lowest BCUT2D eigenvalue weighted by atomic mass is 10.2. The predicted molar refractivity (Wildman–Crippen MR) is 42.2 cm³/mol. The van der Waals surface area contributed by atoms with E-state index in [0.717, 1.165) is 6.92 Å². The van der Waals surface area contributed by atoms with E-state index in [1.54, 1.807) is 13.8 Å². The number of hydrogen-bond donors (Lipinski definition) is 0. The molecule has 1 aliphatic rings. The molecule has 0 aromatic carbocycles. The van der Waals surface area contributed by atoms with Crippen molar-refractivity contribution in [3.8, 4) is 0 Å². The van der Waals surface area contributed by atoms with Crippen molar-refractivity contribution < 1.29 is 17.9 Å². The Labute approximate surface area is 75.7 Å². The maximum atomic E-state index is 12.6. The molecule has 0 N–H and O–H groups in total. The highest BCUT2D eigenvalue weighted by Crippen LogP contribution is 2.42. The molecule has 0 amide bonds. The number of nitrogens with zero attached hydrogens (tertiary/aromatic N) is 1. The summed E-state index contributed by atoms with van der Waals surface area (Å²) in [6, 6.07) is -0.216. The normalized spacial score (nSPS) is 42.7. The quantitative estimate of drug-likeness (QED) is 0.589. The van der Waals surface area contributed by atoms with Crippen LogP contribution < -0.4 is 0 Å². The Morgan fingerprint density at radius 3 is 1.92 bits per heavy atom. The number of hydrogen-bond acceptors (Lipinski definition) is 2. The smallest absolute Gasteiger partial charge is 0.347 e. The number of alkyl halides is 3. The minimum absolute atomic E-state index is 0.216. The fourth-order valence-corrected chi connectivity index (χ4v) is 1.51. The van der Waals surface area contributed by atoms with E-state index in [2.05, 4.69) is 0 Å². The van der Waals surface area contributed by atoms with E-state index in [0.29, 0.717) is 0 Å². The molecule has 0 spiro atoms. The van der Waals surface area contributed by atoms with Crippen LogP contribution >= 0.6 is 0 Å². The molecular weight excluding hydrogens is 183 g/mol. The van der Waals surface area contributed by atoms with Crippen molar-refractivity contribution in [3.05, 3.63) is 0 Å². The van der Waals surface area contributed by atoms with E-state index in [9.17, 15) is 13.2 Å². The van der Waals surface area contributed by atoms with Crippen LogP contribution in [0, 0.1) is 0 Å². The molecule has 1 aliphatic heterocycles. The van der Waals surface area contributed by atoms with Gasteiger partial charge in [0.25, 0.3) is 0 Å². The zero-order valence-electron chi connectivity index (χ0n) is 8.14. The SMILES string of the molecule is CC1OC(C)(C(F)(F)F)N(C)C1C. The molecule has 0 bridgehead atoms. The first kappa shape index (κ1) is 10.8. The van der Waals surface area contributed by atoms with Gasteiger partial charge in [-0.1, -0.05) is 0 Å². The third-order valence-corrected chi connectivity index (χ3v) is 2.90. The van der Waals surface area contributed by atoms with Gasteiger partial charge in [0.15, 0.2) is 0 Å². The summed E-state index contributed by atoms with van der Waals surface area (Å²) in [5.74, 6) is 0. The topological polar surface area (TPSA) is 12.5 Å². The summed E-state index contributed by atoms with van der Waals surface area (Å²) >= 11 is 0. The molecule has 1 rings (SSSR count). The summed E-state index contributed by atoms with van der Waals surface area (Å²) in [6.07, 6.45) is -4.74. The van der Waals surface area contributed by atoms with Gasteiger partial charge in [-0.3, -0.25) is 4.90 Å². The first-order valence-electron chi connectivity index (χ1n) is 4.17. The Morgan fingerprint density at radius 1 is 1.31 bits per heavy atom. The standard InChI is InChI=1S/C8H14F3NO/c1-5-6(2)13-7(3,12(5)4)8(9,10)11/h5-6H,1-4H3. The van der Waals surface area contributed by atoms with Crippen LogP contribution in [0.1, 0.15) is 20.8 Å². The van der Waals surface area contributed by atoms with Crippen molar-refractivity contribution in [3.63, 3.8) is 0 Å². The second kappa shape index (κ2) is 2.85. The molecular formula is C8H14F3NO. The Balaban J connectivity index is 2.94. The molecule has 1 heterocycles. The minimum Gasteiger partial charge on any atom is -0.347 e. The van der Waals surface area contributed by atoms with E-state index in [1.165, 1.54) is 11.9 Å². The second-order valence-corrected chi connectivity index (χ2v) is 3.66. The molecule has 78 valence electrons. The molecule has 0 saturated carbocycles. The van der Waals surface area contributed by atoms with Gasteiger partial charge in [0.2, 0.25) is 5.72 Å². The van der Waals surface area contributed by atoms with E-state index in [4.69, 9.17) is 4.74 Å². The van der Waals surface area contributed by atoms with Crippen molar-refractivity contribution >= 4 is 0 Å². The summed E-state index contributed by atoms with van der Waals surface area (Å²) < 4.78 is 42.7. The van der Waals surface area contributed by atoms with Gasteiger partial charge in [-0.25, -0.2) is 0 Å². The Hall–Kier alpha value is -0.290. The highest BCUT2D eigenvalue weighted by atomic mass is 19.4. The van der Waals surface area contributed by atoms with Gasteiger partial charge >= 0.3 is 6.18 Å². The van der Waals surface area contributed by atoms with Crippen LogP contribution in [0.25, 0.3) is 0 Å². The van der Waals surface area contributed by atoms with Crippen molar-refractivity contribution in [1.82, 2.24) is 4.90 Å². The second-order valence-electron chi connectivity index (χ2n) is 3.66. The Kier molecular flexibility index (Phi) is 2.37. The van der Waals surface area contributed by atoms with E-state index in [-0.39, 0.29) is 6.04 Å². The molecule has 3 unspecified atom stereocenters. The van der Waals surface area contributed by atoms with Crippen LogP contribution in [0.15, 0.2) is 0 Å². The molecule has 0 aromatic heterocycles. The summed E-state index contributed by atoms with van der Waals surface area (Å²) in [5.41, 5.74) is -2.13. The van der Waals surface area contributed by atoms with E-state index in [1.807, 2.05) is 0 Å². The van der Waals surface area contributed by atoms with E-state index >= 15 is 0 Å². The van der Waals surface area contributed by atoms with Gasteiger partial charge in [-0.2, -0.15) is 13.2 Å². The zero-order valence-corrected chi connectivity index (χ0v) is 8.14. The fraction of sp³-hybridized carbons (Fsp3) is 1.00. The molecule has 13 heavy (non-hydrogen) atoms. The van der Waals surface area contributed by atoms with Gasteiger partial charge in [0, 0.05) is 6.04 Å². The maximum absolute atomic E-state index is 12.6. The van der Waals surface area contributed by atoms with Crippen LogP contribution in [0.3, 0.4) is 0 Å². The summed E-state index contributed by atoms with van der Waals surface area (Å²) in [7, 11) is 1.43. The van der Waals surface area contributed by atoms with Gasteiger partial charge in [0.1, 0.15) is 0 Å². The minimum atomic E-state index is -4.35. The molecule has 2 nitrogen and oxygen atoms in total. The molecule has 5 heteroatoms. The largest absolute Gasteiger partial charge is 0.431 e. The van der Waals surface area contributed by atoms with Crippen molar-refractivity contribution in [2.24, 2.45) is 0 Å². The van der Waals surface area contributed by atoms with E-state index < -0.39 is 18.0 Å². The Morgan fingerprint density at radius 2 is 1.77 bits per heavy atom.